The van der Waals surface area contributed by atoms with Crippen molar-refractivity contribution in [1.29, 1.82) is 0 Å². The lowest BCUT2D eigenvalue weighted by Gasteiger charge is -2.61. The minimum atomic E-state index is -0.881. The van der Waals surface area contributed by atoms with E-state index in [-0.39, 0.29) is 30.0 Å². The summed E-state index contributed by atoms with van der Waals surface area (Å²) in [7, 11) is 0. The quantitative estimate of drug-likeness (QED) is 0.723. The number of fused-ring (bicyclic) bond motifs is 1. The Morgan fingerprint density at radius 2 is 2.00 bits per heavy atom. The highest BCUT2D eigenvalue weighted by Crippen LogP contribution is 2.58. The Labute approximate surface area is 126 Å². The fraction of sp³-hybridized carbons (Fsp3) is 0.938. The molecule has 3 atom stereocenters. The predicted octanol–water partition coefficient (Wildman–Crippen LogP) is 0.940. The SMILES string of the molecule is CC1(C)C2OCCC2C1(N)C(=O)NC1(CO)CCCCC1. The van der Waals surface area contributed by atoms with Gasteiger partial charge in [0.15, 0.2) is 0 Å². The van der Waals surface area contributed by atoms with E-state index in [1.54, 1.807) is 0 Å². The van der Waals surface area contributed by atoms with Crippen molar-refractivity contribution in [2.24, 2.45) is 17.1 Å². The monoisotopic (exact) mass is 296 g/mol. The summed E-state index contributed by atoms with van der Waals surface area (Å²) in [5.41, 5.74) is 4.86. The van der Waals surface area contributed by atoms with Gasteiger partial charge >= 0.3 is 0 Å². The van der Waals surface area contributed by atoms with Gasteiger partial charge in [-0.1, -0.05) is 33.1 Å². The maximum absolute atomic E-state index is 12.9. The van der Waals surface area contributed by atoms with Crippen molar-refractivity contribution in [1.82, 2.24) is 5.32 Å². The normalized spacial score (nSPS) is 40.2. The lowest BCUT2D eigenvalue weighted by atomic mass is 9.47. The maximum atomic E-state index is 12.9. The zero-order valence-electron chi connectivity index (χ0n) is 13.2. The summed E-state index contributed by atoms with van der Waals surface area (Å²) in [6.45, 7) is 4.73. The molecule has 2 aliphatic carbocycles. The van der Waals surface area contributed by atoms with Gasteiger partial charge in [0.25, 0.3) is 0 Å². The molecule has 0 bridgehead atoms. The van der Waals surface area contributed by atoms with Crippen LogP contribution >= 0.6 is 0 Å². The number of amides is 1. The van der Waals surface area contributed by atoms with Gasteiger partial charge in [-0.25, -0.2) is 0 Å². The van der Waals surface area contributed by atoms with Crippen molar-refractivity contribution in [3.63, 3.8) is 0 Å². The number of nitrogens with two attached hydrogens (primary N) is 1. The molecular formula is C16H28N2O3. The fourth-order valence-corrected chi connectivity index (χ4v) is 4.74. The number of rotatable bonds is 3. The van der Waals surface area contributed by atoms with Crippen LogP contribution in [0.5, 0.6) is 0 Å². The summed E-state index contributed by atoms with van der Waals surface area (Å²) in [4.78, 5) is 12.9. The minimum absolute atomic E-state index is 0.000155. The van der Waals surface area contributed by atoms with Crippen LogP contribution in [-0.2, 0) is 9.53 Å². The van der Waals surface area contributed by atoms with E-state index >= 15 is 0 Å². The van der Waals surface area contributed by atoms with Crippen molar-refractivity contribution in [2.75, 3.05) is 13.2 Å². The summed E-state index contributed by atoms with van der Waals surface area (Å²) >= 11 is 0. The van der Waals surface area contributed by atoms with Crippen LogP contribution in [0.3, 0.4) is 0 Å². The third-order valence-electron chi connectivity index (χ3n) is 6.32. The van der Waals surface area contributed by atoms with Crippen molar-refractivity contribution >= 4 is 5.91 Å². The number of carbonyl (C=O) groups is 1. The van der Waals surface area contributed by atoms with E-state index in [4.69, 9.17) is 10.5 Å². The smallest absolute Gasteiger partial charge is 0.241 e. The van der Waals surface area contributed by atoms with Crippen molar-refractivity contribution < 1.29 is 14.6 Å². The molecular weight excluding hydrogens is 268 g/mol. The molecule has 3 fully saturated rings. The number of aliphatic hydroxyl groups excluding tert-OH is 1. The standard InChI is InChI=1S/C16H28N2O3/c1-14(2)12-11(6-9-21-12)16(14,17)13(20)18-15(10-19)7-4-3-5-8-15/h11-12,19H,3-10,17H2,1-2H3,(H,18,20). The number of nitrogens with one attached hydrogen (secondary N) is 1. The molecule has 0 aromatic carbocycles. The second-order valence-corrected chi connectivity index (χ2v) is 7.73. The van der Waals surface area contributed by atoms with Crippen molar-refractivity contribution in [2.45, 2.75) is 69.6 Å². The molecule has 1 saturated heterocycles. The molecule has 2 saturated carbocycles. The largest absolute Gasteiger partial charge is 0.394 e. The summed E-state index contributed by atoms with van der Waals surface area (Å²) in [6.07, 6.45) is 5.91. The third kappa shape index (κ3) is 1.97. The molecule has 3 unspecified atom stereocenters. The second kappa shape index (κ2) is 4.93. The number of hydrogen-bond donors (Lipinski definition) is 3. The molecule has 21 heavy (non-hydrogen) atoms. The molecule has 1 heterocycles. The van der Waals surface area contributed by atoms with E-state index in [0.717, 1.165) is 32.1 Å². The fourth-order valence-electron chi connectivity index (χ4n) is 4.74. The Balaban J connectivity index is 1.78. The van der Waals surface area contributed by atoms with Crippen LogP contribution in [0.1, 0.15) is 52.4 Å². The van der Waals surface area contributed by atoms with Gasteiger partial charge in [0.2, 0.25) is 5.91 Å². The van der Waals surface area contributed by atoms with Gasteiger partial charge in [0.1, 0.15) is 5.54 Å². The van der Waals surface area contributed by atoms with Gasteiger partial charge in [0.05, 0.1) is 18.2 Å². The average molecular weight is 296 g/mol. The molecule has 4 N–H and O–H groups in total. The van der Waals surface area contributed by atoms with E-state index < -0.39 is 11.1 Å². The highest BCUT2D eigenvalue weighted by atomic mass is 16.5. The zero-order valence-corrected chi connectivity index (χ0v) is 13.2. The van der Waals surface area contributed by atoms with E-state index in [1.165, 1.54) is 6.42 Å². The van der Waals surface area contributed by atoms with Gasteiger partial charge in [-0.05, 0) is 19.3 Å². The Hall–Kier alpha value is -0.650. The predicted molar refractivity (Wildman–Crippen MR) is 79.6 cm³/mol. The Morgan fingerprint density at radius 1 is 1.33 bits per heavy atom. The lowest BCUT2D eigenvalue weighted by molar-refractivity contribution is -0.177. The van der Waals surface area contributed by atoms with Crippen molar-refractivity contribution in [3.05, 3.63) is 0 Å². The molecule has 0 radical (unpaired) electrons. The van der Waals surface area contributed by atoms with Crippen LogP contribution in [-0.4, -0.2) is 41.4 Å². The molecule has 5 nitrogen and oxygen atoms in total. The highest BCUT2D eigenvalue weighted by Gasteiger charge is 2.71. The first-order valence-corrected chi connectivity index (χ1v) is 8.21. The molecule has 0 aromatic heterocycles. The topological polar surface area (TPSA) is 84.6 Å². The van der Waals surface area contributed by atoms with Crippen LogP contribution in [0, 0.1) is 11.3 Å². The molecule has 3 aliphatic rings. The molecule has 3 rings (SSSR count). The van der Waals surface area contributed by atoms with E-state index in [9.17, 15) is 9.90 Å². The maximum Gasteiger partial charge on any atom is 0.241 e. The van der Waals surface area contributed by atoms with Crippen LogP contribution in [0.4, 0.5) is 0 Å². The van der Waals surface area contributed by atoms with Crippen LogP contribution in [0.2, 0.25) is 0 Å². The third-order valence-corrected chi connectivity index (χ3v) is 6.32. The van der Waals surface area contributed by atoms with Crippen LogP contribution in [0.15, 0.2) is 0 Å². The van der Waals surface area contributed by atoms with E-state index in [1.807, 2.05) is 13.8 Å². The van der Waals surface area contributed by atoms with Gasteiger partial charge < -0.3 is 20.9 Å². The first kappa shape index (κ1) is 15.3. The van der Waals surface area contributed by atoms with Crippen LogP contribution in [0.25, 0.3) is 0 Å². The molecule has 0 spiro atoms. The molecule has 5 heteroatoms. The second-order valence-electron chi connectivity index (χ2n) is 7.73. The van der Waals surface area contributed by atoms with Crippen molar-refractivity contribution in [3.8, 4) is 0 Å². The summed E-state index contributed by atoms with van der Waals surface area (Å²) in [5, 5.41) is 12.9. The molecule has 1 aliphatic heterocycles. The summed E-state index contributed by atoms with van der Waals surface area (Å²) in [5.74, 6) is 0.00188. The van der Waals surface area contributed by atoms with Gasteiger partial charge in [-0.2, -0.15) is 0 Å². The van der Waals surface area contributed by atoms with Gasteiger partial charge in [0, 0.05) is 17.9 Å². The highest BCUT2D eigenvalue weighted by molar-refractivity contribution is 5.90. The first-order valence-electron chi connectivity index (χ1n) is 8.21. The minimum Gasteiger partial charge on any atom is -0.394 e. The van der Waals surface area contributed by atoms with E-state index in [2.05, 4.69) is 5.32 Å². The average Bonchev–Trinajstić information content (AvgIpc) is 2.95. The molecule has 0 aromatic rings. The number of ether oxygens (including phenoxy) is 1. The van der Waals surface area contributed by atoms with Gasteiger partial charge in [-0.15, -0.1) is 0 Å². The summed E-state index contributed by atoms with van der Waals surface area (Å²) in [6, 6.07) is 0. The lowest BCUT2D eigenvalue weighted by Crippen LogP contribution is -2.81. The van der Waals surface area contributed by atoms with Gasteiger partial charge in [-0.3, -0.25) is 4.79 Å². The van der Waals surface area contributed by atoms with E-state index in [0.29, 0.717) is 6.61 Å². The first-order chi connectivity index (χ1) is 9.87. The molecule has 120 valence electrons. The Bertz CT molecular complexity index is 431. The zero-order chi connectivity index (χ0) is 15.3. The Morgan fingerprint density at radius 3 is 2.62 bits per heavy atom. The Kier molecular flexibility index (Phi) is 3.58. The molecule has 1 amide bonds. The number of hydrogen-bond acceptors (Lipinski definition) is 4. The summed E-state index contributed by atoms with van der Waals surface area (Å²) < 4.78 is 5.74. The number of carbonyl (C=O) groups excluding carboxylic acids is 1. The number of aliphatic hydroxyl groups is 1. The van der Waals surface area contributed by atoms with Crippen LogP contribution < -0.4 is 11.1 Å².